The average molecular weight is 246 g/mol. The van der Waals surface area contributed by atoms with E-state index >= 15 is 0 Å². The van der Waals surface area contributed by atoms with Gasteiger partial charge >= 0.3 is 0 Å². The molecule has 84 valence electrons. The van der Waals surface area contributed by atoms with Gasteiger partial charge in [-0.1, -0.05) is 29.8 Å². The molecule has 0 fully saturated rings. The maximum absolute atomic E-state index is 11.8. The van der Waals surface area contributed by atoms with Crippen LogP contribution in [0.5, 0.6) is 0 Å². The second kappa shape index (κ2) is 5.10. The number of hydrogen-bond acceptors (Lipinski definition) is 2. The van der Waals surface area contributed by atoms with E-state index in [1.807, 2.05) is 38.1 Å². The van der Waals surface area contributed by atoms with Gasteiger partial charge in [0, 0.05) is 27.1 Å². The zero-order chi connectivity index (χ0) is 11.5. The van der Waals surface area contributed by atoms with E-state index in [1.54, 1.807) is 0 Å². The molecule has 0 aromatic heterocycles. The van der Waals surface area contributed by atoms with E-state index in [-0.39, 0.29) is 0 Å². The number of rotatable bonds is 4. The van der Waals surface area contributed by atoms with Crippen LogP contribution < -0.4 is 5.73 Å². The van der Waals surface area contributed by atoms with Crippen LogP contribution >= 0.6 is 11.6 Å². The largest absolute Gasteiger partial charge is 0.325 e. The summed E-state index contributed by atoms with van der Waals surface area (Å²) in [5.41, 5.74) is 6.32. The second-order valence-electron chi connectivity index (χ2n) is 4.31. The zero-order valence-electron chi connectivity index (χ0n) is 9.00. The monoisotopic (exact) mass is 245 g/mol. The van der Waals surface area contributed by atoms with Gasteiger partial charge in [0.1, 0.15) is 0 Å². The molecule has 15 heavy (non-hydrogen) atoms. The molecule has 0 saturated carbocycles. The quantitative estimate of drug-likeness (QED) is 0.885. The van der Waals surface area contributed by atoms with E-state index in [1.165, 1.54) is 0 Å². The van der Waals surface area contributed by atoms with Crippen LogP contribution in [0.3, 0.4) is 0 Å². The first-order valence-electron chi connectivity index (χ1n) is 4.76. The standard InChI is InChI=1S/C11H16ClNOS/c1-11(2,13)8-15(14)7-9-5-3-4-6-10(9)12/h3-6H,7-8,13H2,1-2H3. The minimum Gasteiger partial charge on any atom is -0.325 e. The first-order valence-corrected chi connectivity index (χ1v) is 6.62. The van der Waals surface area contributed by atoms with E-state index in [0.717, 1.165) is 5.56 Å². The van der Waals surface area contributed by atoms with Crippen molar-refractivity contribution in [3.8, 4) is 0 Å². The minimum atomic E-state index is -0.960. The lowest BCUT2D eigenvalue weighted by Crippen LogP contribution is -2.38. The fourth-order valence-corrected chi connectivity index (χ4v) is 3.07. The van der Waals surface area contributed by atoms with Gasteiger partial charge in [-0.05, 0) is 25.5 Å². The predicted octanol–water partition coefficient (Wildman–Crippen LogP) is 2.33. The predicted molar refractivity (Wildman–Crippen MR) is 66.4 cm³/mol. The van der Waals surface area contributed by atoms with Crippen LogP contribution in [0.15, 0.2) is 24.3 Å². The SMILES string of the molecule is CC(C)(N)CS(=O)Cc1ccccc1Cl. The average Bonchev–Trinajstić information content (AvgIpc) is 2.05. The Labute approximate surface area is 98.3 Å². The molecule has 1 rings (SSSR count). The van der Waals surface area contributed by atoms with Crippen LogP contribution in [-0.2, 0) is 16.6 Å². The Hall–Kier alpha value is -0.380. The van der Waals surface area contributed by atoms with Crippen molar-refractivity contribution in [3.63, 3.8) is 0 Å². The molecule has 0 spiro atoms. The molecule has 1 unspecified atom stereocenters. The van der Waals surface area contributed by atoms with Crippen molar-refractivity contribution in [2.45, 2.75) is 25.1 Å². The summed E-state index contributed by atoms with van der Waals surface area (Å²) < 4.78 is 11.8. The lowest BCUT2D eigenvalue weighted by atomic mass is 10.1. The molecular weight excluding hydrogens is 230 g/mol. The molecule has 0 heterocycles. The highest BCUT2D eigenvalue weighted by Crippen LogP contribution is 2.17. The molecule has 1 aromatic carbocycles. The summed E-state index contributed by atoms with van der Waals surface area (Å²) in [6.45, 7) is 3.75. The van der Waals surface area contributed by atoms with Crippen LogP contribution in [0.4, 0.5) is 0 Å². The van der Waals surface area contributed by atoms with Gasteiger partial charge in [0.25, 0.3) is 0 Å². The molecule has 0 aliphatic rings. The maximum atomic E-state index is 11.8. The molecule has 2 nitrogen and oxygen atoms in total. The molecule has 0 amide bonds. The molecule has 0 aliphatic heterocycles. The highest BCUT2D eigenvalue weighted by Gasteiger charge is 2.16. The molecule has 0 saturated heterocycles. The molecule has 1 aromatic rings. The van der Waals surface area contributed by atoms with Gasteiger partial charge in [0.15, 0.2) is 0 Å². The van der Waals surface area contributed by atoms with Crippen LogP contribution in [0.1, 0.15) is 19.4 Å². The number of benzene rings is 1. The number of hydrogen-bond donors (Lipinski definition) is 1. The topological polar surface area (TPSA) is 43.1 Å². The van der Waals surface area contributed by atoms with Gasteiger partial charge < -0.3 is 5.73 Å². The van der Waals surface area contributed by atoms with Crippen molar-refractivity contribution in [3.05, 3.63) is 34.9 Å². The van der Waals surface area contributed by atoms with Crippen LogP contribution in [0, 0.1) is 0 Å². The third kappa shape index (κ3) is 4.78. The Balaban J connectivity index is 2.64. The summed E-state index contributed by atoms with van der Waals surface area (Å²) in [6.07, 6.45) is 0. The van der Waals surface area contributed by atoms with Crippen molar-refractivity contribution in [1.82, 2.24) is 0 Å². The first kappa shape index (κ1) is 12.7. The summed E-state index contributed by atoms with van der Waals surface area (Å²) >= 11 is 5.97. The van der Waals surface area contributed by atoms with Crippen molar-refractivity contribution in [2.24, 2.45) is 5.73 Å². The third-order valence-electron chi connectivity index (χ3n) is 1.81. The molecule has 1 atom stereocenters. The van der Waals surface area contributed by atoms with Gasteiger partial charge in [-0.25, -0.2) is 0 Å². The highest BCUT2D eigenvalue weighted by molar-refractivity contribution is 7.84. The molecule has 2 N–H and O–H groups in total. The molecular formula is C11H16ClNOS. The Morgan fingerprint density at radius 3 is 2.53 bits per heavy atom. The summed E-state index contributed by atoms with van der Waals surface area (Å²) in [6, 6.07) is 7.46. The molecule has 0 aliphatic carbocycles. The Morgan fingerprint density at radius 1 is 1.40 bits per heavy atom. The van der Waals surface area contributed by atoms with Gasteiger partial charge in [0.05, 0.1) is 5.75 Å². The molecule has 4 heteroatoms. The second-order valence-corrected chi connectivity index (χ2v) is 6.17. The van der Waals surface area contributed by atoms with E-state index < -0.39 is 16.3 Å². The Morgan fingerprint density at radius 2 is 2.00 bits per heavy atom. The van der Waals surface area contributed by atoms with Gasteiger partial charge in [-0.15, -0.1) is 0 Å². The lowest BCUT2D eigenvalue weighted by molar-refractivity contribution is 0.577. The van der Waals surface area contributed by atoms with E-state index in [0.29, 0.717) is 16.5 Å². The van der Waals surface area contributed by atoms with Gasteiger partial charge in [-0.3, -0.25) is 4.21 Å². The maximum Gasteiger partial charge on any atom is 0.0501 e. The highest BCUT2D eigenvalue weighted by atomic mass is 35.5. The number of nitrogens with two attached hydrogens (primary N) is 1. The van der Waals surface area contributed by atoms with E-state index in [2.05, 4.69) is 0 Å². The van der Waals surface area contributed by atoms with Crippen molar-refractivity contribution < 1.29 is 4.21 Å². The Bertz CT molecular complexity index is 360. The van der Waals surface area contributed by atoms with Crippen LogP contribution in [0.2, 0.25) is 5.02 Å². The lowest BCUT2D eigenvalue weighted by Gasteiger charge is -2.17. The molecule has 0 bridgehead atoms. The smallest absolute Gasteiger partial charge is 0.0501 e. The van der Waals surface area contributed by atoms with Crippen molar-refractivity contribution in [1.29, 1.82) is 0 Å². The van der Waals surface area contributed by atoms with Crippen LogP contribution in [-0.4, -0.2) is 15.5 Å². The van der Waals surface area contributed by atoms with Crippen molar-refractivity contribution >= 4 is 22.4 Å². The van der Waals surface area contributed by atoms with E-state index in [4.69, 9.17) is 17.3 Å². The van der Waals surface area contributed by atoms with Crippen LogP contribution in [0.25, 0.3) is 0 Å². The third-order valence-corrected chi connectivity index (χ3v) is 3.88. The van der Waals surface area contributed by atoms with Gasteiger partial charge in [-0.2, -0.15) is 0 Å². The summed E-state index contributed by atoms with van der Waals surface area (Å²) in [7, 11) is -0.960. The summed E-state index contributed by atoms with van der Waals surface area (Å²) in [4.78, 5) is 0. The van der Waals surface area contributed by atoms with E-state index in [9.17, 15) is 4.21 Å². The Kier molecular flexibility index (Phi) is 4.32. The summed E-state index contributed by atoms with van der Waals surface area (Å²) in [5, 5.41) is 0.667. The zero-order valence-corrected chi connectivity index (χ0v) is 10.6. The normalized spacial score (nSPS) is 13.9. The number of halogens is 1. The van der Waals surface area contributed by atoms with Crippen molar-refractivity contribution in [2.75, 3.05) is 5.75 Å². The first-order chi connectivity index (χ1) is 6.88. The fraction of sp³-hybridized carbons (Fsp3) is 0.455. The minimum absolute atomic E-state index is 0.397. The van der Waals surface area contributed by atoms with Gasteiger partial charge in [0.2, 0.25) is 0 Å². The molecule has 0 radical (unpaired) electrons. The summed E-state index contributed by atoms with van der Waals surface area (Å²) in [5.74, 6) is 0.957. The fourth-order valence-electron chi connectivity index (χ4n) is 1.25.